The first-order valence-corrected chi connectivity index (χ1v) is 5.62. The lowest BCUT2D eigenvalue weighted by Crippen LogP contribution is -2.33. The number of carbonyl (C=O) groups is 2. The Bertz CT molecular complexity index is 479. The number of benzene rings is 1. The number of carboxylic acids is 1. The SMILES string of the molecule is Cc1cc(F)ccc1NC(=O)NCCC(O)C(=O)O. The summed E-state index contributed by atoms with van der Waals surface area (Å²) in [5.74, 6) is -1.73. The van der Waals surface area contributed by atoms with Crippen molar-refractivity contribution >= 4 is 17.7 Å². The van der Waals surface area contributed by atoms with Crippen molar-refractivity contribution in [3.8, 4) is 0 Å². The van der Waals surface area contributed by atoms with Crippen molar-refractivity contribution in [3.63, 3.8) is 0 Å². The summed E-state index contributed by atoms with van der Waals surface area (Å²) in [6.07, 6.45) is -1.60. The van der Waals surface area contributed by atoms with Gasteiger partial charge in [-0.2, -0.15) is 0 Å². The first-order valence-electron chi connectivity index (χ1n) is 5.62. The average Bonchev–Trinajstić information content (AvgIpc) is 2.32. The average molecular weight is 270 g/mol. The number of carbonyl (C=O) groups excluding carboxylic acids is 1. The minimum atomic E-state index is -1.51. The van der Waals surface area contributed by atoms with Crippen LogP contribution in [-0.2, 0) is 4.79 Å². The molecular weight excluding hydrogens is 255 g/mol. The molecule has 0 fully saturated rings. The molecule has 0 saturated heterocycles. The predicted octanol–water partition coefficient (Wildman–Crippen LogP) is 1.09. The van der Waals surface area contributed by atoms with Crippen molar-refractivity contribution in [1.29, 1.82) is 0 Å². The highest BCUT2D eigenvalue weighted by molar-refractivity contribution is 5.90. The molecule has 0 aliphatic rings. The van der Waals surface area contributed by atoms with Crippen LogP contribution >= 0.6 is 0 Å². The number of rotatable bonds is 5. The number of halogens is 1. The van der Waals surface area contributed by atoms with Crippen LogP contribution in [0.5, 0.6) is 0 Å². The molecule has 0 heterocycles. The maximum Gasteiger partial charge on any atom is 0.332 e. The molecule has 0 bridgehead atoms. The van der Waals surface area contributed by atoms with Crippen LogP contribution in [0.25, 0.3) is 0 Å². The third-order valence-electron chi connectivity index (χ3n) is 2.43. The van der Waals surface area contributed by atoms with Gasteiger partial charge in [0.2, 0.25) is 0 Å². The fraction of sp³-hybridized carbons (Fsp3) is 0.333. The number of aliphatic carboxylic acids is 1. The quantitative estimate of drug-likeness (QED) is 0.643. The molecule has 1 aromatic rings. The highest BCUT2D eigenvalue weighted by atomic mass is 19.1. The fourth-order valence-corrected chi connectivity index (χ4v) is 1.38. The molecule has 0 aromatic heterocycles. The number of hydrogen-bond donors (Lipinski definition) is 4. The number of hydrogen-bond acceptors (Lipinski definition) is 3. The van der Waals surface area contributed by atoms with Gasteiger partial charge in [-0.3, -0.25) is 0 Å². The number of anilines is 1. The van der Waals surface area contributed by atoms with Crippen molar-refractivity contribution in [2.45, 2.75) is 19.4 Å². The number of urea groups is 1. The Morgan fingerprint density at radius 1 is 1.42 bits per heavy atom. The number of aryl methyl sites for hydroxylation is 1. The Morgan fingerprint density at radius 3 is 2.68 bits per heavy atom. The Kier molecular flexibility index (Phi) is 5.25. The predicted molar refractivity (Wildman–Crippen MR) is 66.4 cm³/mol. The van der Waals surface area contributed by atoms with Gasteiger partial charge in [0.05, 0.1) is 0 Å². The van der Waals surface area contributed by atoms with Crippen molar-refractivity contribution < 1.29 is 24.2 Å². The normalized spacial score (nSPS) is 11.7. The standard InChI is InChI=1S/C12H15FN2O4/c1-7-6-8(13)2-3-9(7)15-12(19)14-5-4-10(16)11(17)18/h2-3,6,10,16H,4-5H2,1H3,(H,17,18)(H2,14,15,19). The molecule has 1 atom stereocenters. The molecule has 4 N–H and O–H groups in total. The molecule has 0 aliphatic heterocycles. The van der Waals surface area contributed by atoms with Crippen LogP contribution in [0.1, 0.15) is 12.0 Å². The van der Waals surface area contributed by atoms with Gasteiger partial charge in [0, 0.05) is 18.7 Å². The summed E-state index contributed by atoms with van der Waals surface area (Å²) in [6.45, 7) is 1.66. The van der Waals surface area contributed by atoms with Gasteiger partial charge in [-0.1, -0.05) is 0 Å². The van der Waals surface area contributed by atoms with E-state index in [4.69, 9.17) is 10.2 Å². The summed E-state index contributed by atoms with van der Waals surface area (Å²) in [6, 6.07) is 3.38. The van der Waals surface area contributed by atoms with Gasteiger partial charge in [-0.15, -0.1) is 0 Å². The maximum absolute atomic E-state index is 12.8. The van der Waals surface area contributed by atoms with Crippen LogP contribution in [0.4, 0.5) is 14.9 Å². The highest BCUT2D eigenvalue weighted by Gasteiger charge is 2.13. The molecule has 7 heteroatoms. The number of aliphatic hydroxyl groups excluding tert-OH is 1. The molecule has 104 valence electrons. The van der Waals surface area contributed by atoms with E-state index in [2.05, 4.69) is 10.6 Å². The Hall–Kier alpha value is -2.15. The topological polar surface area (TPSA) is 98.7 Å². The minimum absolute atomic E-state index is 0.0134. The molecule has 6 nitrogen and oxygen atoms in total. The lowest BCUT2D eigenvalue weighted by molar-refractivity contribution is -0.146. The third kappa shape index (κ3) is 4.92. The van der Waals surface area contributed by atoms with Gasteiger partial charge >= 0.3 is 12.0 Å². The van der Waals surface area contributed by atoms with E-state index in [0.29, 0.717) is 11.3 Å². The summed E-state index contributed by atoms with van der Waals surface area (Å²) in [4.78, 5) is 21.8. The number of carboxylic acid groups (broad SMARTS) is 1. The van der Waals surface area contributed by atoms with Gasteiger partial charge in [-0.25, -0.2) is 14.0 Å². The molecular formula is C12H15FN2O4. The van der Waals surface area contributed by atoms with E-state index in [1.165, 1.54) is 18.2 Å². The van der Waals surface area contributed by atoms with Crippen molar-refractivity contribution in [3.05, 3.63) is 29.6 Å². The van der Waals surface area contributed by atoms with Gasteiger partial charge in [0.1, 0.15) is 5.82 Å². The van der Waals surface area contributed by atoms with Crippen molar-refractivity contribution in [2.75, 3.05) is 11.9 Å². The third-order valence-corrected chi connectivity index (χ3v) is 2.43. The number of amides is 2. The summed E-state index contributed by atoms with van der Waals surface area (Å²) in [5.41, 5.74) is 1.03. The van der Waals surface area contributed by atoms with Crippen LogP contribution in [0.2, 0.25) is 0 Å². The van der Waals surface area contributed by atoms with Crippen molar-refractivity contribution in [1.82, 2.24) is 5.32 Å². The van der Waals surface area contributed by atoms with Crippen LogP contribution in [-0.4, -0.2) is 34.9 Å². The second-order valence-electron chi connectivity index (χ2n) is 3.98. The largest absolute Gasteiger partial charge is 0.479 e. The number of nitrogens with one attached hydrogen (secondary N) is 2. The van der Waals surface area contributed by atoms with Crippen LogP contribution in [0.3, 0.4) is 0 Å². The van der Waals surface area contributed by atoms with Crippen LogP contribution in [0.15, 0.2) is 18.2 Å². The van der Waals surface area contributed by atoms with Crippen LogP contribution in [0, 0.1) is 12.7 Å². The first-order chi connectivity index (χ1) is 8.90. The second kappa shape index (κ2) is 6.69. The molecule has 2 amide bonds. The smallest absolute Gasteiger partial charge is 0.332 e. The first kappa shape index (κ1) is 14.9. The molecule has 1 aromatic carbocycles. The highest BCUT2D eigenvalue weighted by Crippen LogP contribution is 2.15. The van der Waals surface area contributed by atoms with Gasteiger partial charge in [-0.05, 0) is 30.7 Å². The van der Waals surface area contributed by atoms with E-state index < -0.39 is 23.9 Å². The van der Waals surface area contributed by atoms with Gasteiger partial charge < -0.3 is 20.8 Å². The van der Waals surface area contributed by atoms with E-state index in [1.807, 2.05) is 0 Å². The second-order valence-corrected chi connectivity index (χ2v) is 3.98. The van der Waals surface area contributed by atoms with E-state index >= 15 is 0 Å². The summed E-state index contributed by atoms with van der Waals surface area (Å²) < 4.78 is 12.8. The Labute approximate surface area is 109 Å². The molecule has 1 rings (SSSR count). The van der Waals surface area contributed by atoms with E-state index in [9.17, 15) is 14.0 Å². The van der Waals surface area contributed by atoms with Gasteiger partial charge in [0.25, 0.3) is 0 Å². The zero-order chi connectivity index (χ0) is 14.4. The molecule has 1 unspecified atom stereocenters. The lowest BCUT2D eigenvalue weighted by Gasteiger charge is -2.10. The lowest BCUT2D eigenvalue weighted by atomic mass is 10.2. The monoisotopic (exact) mass is 270 g/mol. The zero-order valence-electron chi connectivity index (χ0n) is 10.3. The maximum atomic E-state index is 12.8. The summed E-state index contributed by atoms with van der Waals surface area (Å²) in [7, 11) is 0. The summed E-state index contributed by atoms with van der Waals surface area (Å²) in [5, 5.41) is 22.3. The van der Waals surface area contributed by atoms with E-state index in [0.717, 1.165) is 0 Å². The van der Waals surface area contributed by atoms with Gasteiger partial charge in [0.15, 0.2) is 6.10 Å². The molecule has 0 spiro atoms. The van der Waals surface area contributed by atoms with E-state index in [-0.39, 0.29) is 13.0 Å². The zero-order valence-corrected chi connectivity index (χ0v) is 10.3. The van der Waals surface area contributed by atoms with Crippen molar-refractivity contribution in [2.24, 2.45) is 0 Å². The molecule has 0 aliphatic carbocycles. The fourth-order valence-electron chi connectivity index (χ4n) is 1.38. The minimum Gasteiger partial charge on any atom is -0.479 e. The Balaban J connectivity index is 2.41. The number of aliphatic hydroxyl groups is 1. The van der Waals surface area contributed by atoms with E-state index in [1.54, 1.807) is 6.92 Å². The molecule has 0 radical (unpaired) electrons. The molecule has 19 heavy (non-hydrogen) atoms. The summed E-state index contributed by atoms with van der Waals surface area (Å²) >= 11 is 0. The Morgan fingerprint density at radius 2 is 2.11 bits per heavy atom. The van der Waals surface area contributed by atoms with Crippen LogP contribution < -0.4 is 10.6 Å². The molecule has 0 saturated carbocycles.